The minimum absolute atomic E-state index is 0.0234. The zero-order valence-corrected chi connectivity index (χ0v) is 17.5. The summed E-state index contributed by atoms with van der Waals surface area (Å²) in [6.45, 7) is 3.89. The lowest BCUT2D eigenvalue weighted by atomic mass is 10.1. The fraction of sp³-hybridized carbons (Fsp3) is 0.0769. The molecule has 0 fully saturated rings. The van der Waals surface area contributed by atoms with E-state index in [0.29, 0.717) is 11.1 Å². The molecule has 0 saturated heterocycles. The van der Waals surface area contributed by atoms with Gasteiger partial charge in [0.05, 0.1) is 12.5 Å². The van der Waals surface area contributed by atoms with Crippen LogP contribution in [0.25, 0.3) is 11.5 Å². The van der Waals surface area contributed by atoms with Gasteiger partial charge in [-0.05, 0) is 38.1 Å². The molecule has 0 N–H and O–H groups in total. The molecular formula is C26H20O6. The maximum atomic E-state index is 12.8. The molecule has 0 unspecified atom stereocenters. The number of ether oxygens (including phenoxy) is 2. The summed E-state index contributed by atoms with van der Waals surface area (Å²) in [6.07, 6.45) is 2.76. The maximum absolute atomic E-state index is 12.8. The first-order valence-corrected chi connectivity index (χ1v) is 9.91. The minimum Gasteiger partial charge on any atom is -0.457 e. The molecule has 0 aliphatic carbocycles. The fourth-order valence-corrected chi connectivity index (χ4v) is 2.96. The van der Waals surface area contributed by atoms with Crippen LogP contribution < -0.4 is 0 Å². The second-order valence-corrected chi connectivity index (χ2v) is 7.12. The Kier molecular flexibility index (Phi) is 6.03. The Labute approximate surface area is 184 Å². The zero-order valence-electron chi connectivity index (χ0n) is 17.5. The van der Waals surface area contributed by atoms with Crippen molar-refractivity contribution in [3.8, 4) is 0 Å². The van der Waals surface area contributed by atoms with Gasteiger partial charge in [0.25, 0.3) is 0 Å². The van der Waals surface area contributed by atoms with Crippen LogP contribution in [0.4, 0.5) is 0 Å². The van der Waals surface area contributed by atoms with Crippen molar-refractivity contribution in [2.24, 2.45) is 0 Å². The SMILES string of the molecule is Cc1ccc(C(OC(=O)c2ccco2)=C(OC(=O)c2ccco2)c2ccc(C)cc2)cc1. The molecule has 0 aliphatic heterocycles. The van der Waals surface area contributed by atoms with Gasteiger partial charge < -0.3 is 18.3 Å². The Hall–Kier alpha value is -4.32. The van der Waals surface area contributed by atoms with Crippen LogP contribution in [-0.4, -0.2) is 11.9 Å². The molecular weight excluding hydrogens is 408 g/mol. The van der Waals surface area contributed by atoms with Gasteiger partial charge in [-0.15, -0.1) is 0 Å². The zero-order chi connectivity index (χ0) is 22.5. The number of carbonyl (C=O) groups excluding carboxylic acids is 2. The van der Waals surface area contributed by atoms with Gasteiger partial charge in [0.1, 0.15) is 0 Å². The highest BCUT2D eigenvalue weighted by Gasteiger charge is 2.24. The van der Waals surface area contributed by atoms with Crippen LogP contribution in [0.2, 0.25) is 0 Å². The molecule has 32 heavy (non-hydrogen) atoms. The van der Waals surface area contributed by atoms with E-state index in [1.807, 2.05) is 38.1 Å². The van der Waals surface area contributed by atoms with Crippen LogP contribution in [0.3, 0.4) is 0 Å². The number of hydrogen-bond donors (Lipinski definition) is 0. The van der Waals surface area contributed by atoms with Crippen molar-refractivity contribution in [1.82, 2.24) is 0 Å². The molecule has 0 atom stereocenters. The van der Waals surface area contributed by atoms with Gasteiger partial charge in [-0.1, -0.05) is 59.7 Å². The third kappa shape index (κ3) is 4.70. The van der Waals surface area contributed by atoms with Crippen LogP contribution in [0, 0.1) is 13.8 Å². The van der Waals surface area contributed by atoms with Gasteiger partial charge in [-0.2, -0.15) is 0 Å². The van der Waals surface area contributed by atoms with Gasteiger partial charge in [0.15, 0.2) is 11.5 Å². The van der Waals surface area contributed by atoms with Gasteiger partial charge in [-0.3, -0.25) is 0 Å². The topological polar surface area (TPSA) is 78.9 Å². The molecule has 160 valence electrons. The van der Waals surface area contributed by atoms with E-state index in [4.69, 9.17) is 18.3 Å². The summed E-state index contributed by atoms with van der Waals surface area (Å²) >= 11 is 0. The summed E-state index contributed by atoms with van der Waals surface area (Å²) in [5.74, 6) is -1.23. The smallest absolute Gasteiger partial charge is 0.379 e. The van der Waals surface area contributed by atoms with E-state index < -0.39 is 11.9 Å². The van der Waals surface area contributed by atoms with Crippen LogP contribution >= 0.6 is 0 Å². The van der Waals surface area contributed by atoms with E-state index in [1.165, 1.54) is 24.7 Å². The highest BCUT2D eigenvalue weighted by molar-refractivity contribution is 5.99. The number of aryl methyl sites for hydroxylation is 2. The van der Waals surface area contributed by atoms with Crippen molar-refractivity contribution in [2.75, 3.05) is 0 Å². The summed E-state index contributed by atoms with van der Waals surface area (Å²) in [4.78, 5) is 25.5. The first kappa shape index (κ1) is 20.9. The van der Waals surface area contributed by atoms with Crippen molar-refractivity contribution in [3.63, 3.8) is 0 Å². The first-order valence-electron chi connectivity index (χ1n) is 9.91. The number of benzene rings is 2. The lowest BCUT2D eigenvalue weighted by Crippen LogP contribution is -2.10. The molecule has 2 heterocycles. The molecule has 6 heteroatoms. The molecule has 0 aliphatic rings. The third-order valence-corrected chi connectivity index (χ3v) is 4.67. The van der Waals surface area contributed by atoms with Gasteiger partial charge >= 0.3 is 11.9 Å². The van der Waals surface area contributed by atoms with Crippen LogP contribution in [-0.2, 0) is 9.47 Å². The van der Waals surface area contributed by atoms with Gasteiger partial charge in [0.2, 0.25) is 11.5 Å². The van der Waals surface area contributed by atoms with E-state index in [9.17, 15) is 9.59 Å². The Morgan fingerprint density at radius 1 is 0.594 bits per heavy atom. The predicted octanol–water partition coefficient (Wildman–Crippen LogP) is 6.03. The van der Waals surface area contributed by atoms with Crippen LogP contribution in [0.5, 0.6) is 0 Å². The Balaban J connectivity index is 1.86. The maximum Gasteiger partial charge on any atom is 0.379 e. The first-order chi connectivity index (χ1) is 15.5. The van der Waals surface area contributed by atoms with Crippen molar-refractivity contribution >= 4 is 23.5 Å². The molecule has 0 spiro atoms. The highest BCUT2D eigenvalue weighted by atomic mass is 16.6. The van der Waals surface area contributed by atoms with Crippen molar-refractivity contribution in [2.45, 2.75) is 13.8 Å². The summed E-state index contributed by atoms with van der Waals surface area (Å²) in [6, 6.07) is 20.8. The Morgan fingerprint density at radius 3 is 1.28 bits per heavy atom. The number of rotatable bonds is 6. The lowest BCUT2D eigenvalue weighted by molar-refractivity contribution is 0.0613. The standard InChI is InChI=1S/C26H20O6/c1-17-7-11-19(12-8-17)23(31-25(27)21-5-3-15-29-21)24(20-13-9-18(2)10-14-20)32-26(28)22-6-4-16-30-22/h3-16H,1-2H3. The largest absolute Gasteiger partial charge is 0.457 e. The van der Waals surface area contributed by atoms with E-state index in [2.05, 4.69) is 0 Å². The number of esters is 2. The molecule has 4 rings (SSSR count). The number of carbonyl (C=O) groups is 2. The van der Waals surface area contributed by atoms with Crippen molar-refractivity contribution in [3.05, 3.63) is 119 Å². The van der Waals surface area contributed by atoms with E-state index in [1.54, 1.807) is 36.4 Å². The van der Waals surface area contributed by atoms with Crippen molar-refractivity contribution < 1.29 is 27.9 Å². The van der Waals surface area contributed by atoms with E-state index in [-0.39, 0.29) is 23.0 Å². The second-order valence-electron chi connectivity index (χ2n) is 7.12. The average molecular weight is 428 g/mol. The predicted molar refractivity (Wildman–Crippen MR) is 117 cm³/mol. The summed E-state index contributed by atoms with van der Waals surface area (Å²) in [5.41, 5.74) is 3.15. The van der Waals surface area contributed by atoms with Crippen molar-refractivity contribution in [1.29, 1.82) is 0 Å². The molecule has 6 nitrogen and oxygen atoms in total. The molecule has 2 aromatic heterocycles. The lowest BCUT2D eigenvalue weighted by Gasteiger charge is -2.16. The molecule has 0 saturated carbocycles. The highest BCUT2D eigenvalue weighted by Crippen LogP contribution is 2.31. The van der Waals surface area contributed by atoms with Crippen LogP contribution in [0.1, 0.15) is 43.4 Å². The third-order valence-electron chi connectivity index (χ3n) is 4.67. The monoisotopic (exact) mass is 428 g/mol. The van der Waals surface area contributed by atoms with Gasteiger partial charge in [0, 0.05) is 11.1 Å². The van der Waals surface area contributed by atoms with Gasteiger partial charge in [-0.25, -0.2) is 9.59 Å². The fourth-order valence-electron chi connectivity index (χ4n) is 2.96. The Morgan fingerprint density at radius 2 is 0.969 bits per heavy atom. The summed E-state index contributed by atoms with van der Waals surface area (Å²) in [5, 5.41) is 0. The quantitative estimate of drug-likeness (QED) is 0.212. The molecule has 0 radical (unpaired) electrons. The summed E-state index contributed by atoms with van der Waals surface area (Å²) in [7, 11) is 0. The molecule has 0 amide bonds. The normalized spacial score (nSPS) is 11.6. The second kappa shape index (κ2) is 9.22. The van der Waals surface area contributed by atoms with E-state index >= 15 is 0 Å². The molecule has 0 bridgehead atoms. The number of hydrogen-bond acceptors (Lipinski definition) is 6. The molecule has 4 aromatic rings. The van der Waals surface area contributed by atoms with Crippen LogP contribution in [0.15, 0.2) is 94.2 Å². The minimum atomic E-state index is -0.718. The average Bonchev–Trinajstić information content (AvgIpc) is 3.52. The number of furan rings is 2. The van der Waals surface area contributed by atoms with E-state index in [0.717, 1.165) is 11.1 Å². The molecule has 2 aromatic carbocycles. The Bertz CT molecular complexity index is 1130. The summed E-state index contributed by atoms with van der Waals surface area (Å²) < 4.78 is 21.8.